The highest BCUT2D eigenvalue weighted by atomic mass is 35.5. The molecule has 298 valence electrons. The van der Waals surface area contributed by atoms with Crippen molar-refractivity contribution in [3.63, 3.8) is 0 Å². The van der Waals surface area contributed by atoms with Gasteiger partial charge in [-0.15, -0.1) is 0 Å². The Morgan fingerprint density at radius 2 is 1.05 bits per heavy atom. The van der Waals surface area contributed by atoms with Gasteiger partial charge in [-0.2, -0.15) is 0 Å². The van der Waals surface area contributed by atoms with E-state index in [1.54, 1.807) is 30.3 Å². The lowest BCUT2D eigenvalue weighted by atomic mass is 9.94. The van der Waals surface area contributed by atoms with Gasteiger partial charge in [-0.25, -0.2) is 0 Å². The lowest BCUT2D eigenvalue weighted by molar-refractivity contribution is 0.482. The van der Waals surface area contributed by atoms with Crippen molar-refractivity contribution in [3.05, 3.63) is 198 Å². The Kier molecular flexibility index (Phi) is 12.6. The number of rotatable bonds is 9. The van der Waals surface area contributed by atoms with Crippen LogP contribution in [-0.4, -0.2) is 33.3 Å². The zero-order valence-corrected chi connectivity index (χ0v) is 34.6. The molecule has 2 aromatic heterocycles. The summed E-state index contributed by atoms with van der Waals surface area (Å²) in [6, 6.07) is 43.8. The predicted octanol–water partition coefficient (Wildman–Crippen LogP) is 11.2. The van der Waals surface area contributed by atoms with Gasteiger partial charge in [0.2, 0.25) is 0 Å². The first-order chi connectivity index (χ1) is 28.4. The Morgan fingerprint density at radius 1 is 0.542 bits per heavy atom. The Labute approximate surface area is 356 Å². The van der Waals surface area contributed by atoms with Crippen LogP contribution < -0.4 is 21.8 Å². The molecule has 59 heavy (non-hydrogen) atoms. The van der Waals surface area contributed by atoms with Gasteiger partial charge >= 0.3 is 0 Å². The van der Waals surface area contributed by atoms with Crippen molar-refractivity contribution < 1.29 is 10.2 Å². The van der Waals surface area contributed by atoms with E-state index < -0.39 is 5.56 Å². The summed E-state index contributed by atoms with van der Waals surface area (Å²) in [7, 11) is 1.88. The number of aromatic hydroxyl groups is 2. The van der Waals surface area contributed by atoms with Crippen LogP contribution in [-0.2, 0) is 0 Å². The Morgan fingerprint density at radius 3 is 1.63 bits per heavy atom. The second-order valence-electron chi connectivity index (χ2n) is 14.4. The standard InChI is InChI=1S/C25H23ClN2O2.C23H18Cl2N2O2/c1-15(2)27-23(16-7-4-3-5-8-16)18-10-6-9-17(13-18)22-24(29)20-12-11-19(26)14-21(20)28-25(22)30;1-26-21(13-6-3-2-4-7-13)15-9-5-8-14(10-15)19-22(28)20-17(25)11-16(24)12-18(20)27-23(19)29/h3-15,23,27H,1-2H3,(H2,28,29,30);2-12,21,26H,1H3,(H2,27,28,29). The fourth-order valence-electron chi connectivity index (χ4n) is 7.40. The van der Waals surface area contributed by atoms with Gasteiger partial charge in [-0.1, -0.05) is 132 Å². The van der Waals surface area contributed by atoms with Crippen molar-refractivity contribution >= 4 is 56.6 Å². The minimum Gasteiger partial charge on any atom is -0.506 e. The molecule has 0 amide bonds. The van der Waals surface area contributed by atoms with Crippen molar-refractivity contribution in [2.75, 3.05) is 7.05 Å². The van der Waals surface area contributed by atoms with Gasteiger partial charge in [0, 0.05) is 21.5 Å². The third-order valence-electron chi connectivity index (χ3n) is 10.0. The number of hydrogen-bond donors (Lipinski definition) is 6. The molecule has 8 aromatic rings. The topological polar surface area (TPSA) is 130 Å². The molecule has 0 radical (unpaired) electrons. The first kappa shape index (κ1) is 41.3. The number of pyridine rings is 2. The van der Waals surface area contributed by atoms with Crippen LogP contribution in [0.25, 0.3) is 44.1 Å². The Bertz CT molecular complexity index is 2900. The van der Waals surface area contributed by atoms with Crippen LogP contribution in [0.4, 0.5) is 0 Å². The van der Waals surface area contributed by atoms with Crippen molar-refractivity contribution in [2.24, 2.45) is 0 Å². The quantitative estimate of drug-likeness (QED) is 0.0858. The number of nitrogens with one attached hydrogen (secondary N) is 4. The molecule has 6 N–H and O–H groups in total. The predicted molar refractivity (Wildman–Crippen MR) is 242 cm³/mol. The second-order valence-corrected chi connectivity index (χ2v) is 15.7. The Balaban J connectivity index is 0.000000179. The molecule has 8 rings (SSSR count). The molecule has 0 saturated heterocycles. The molecule has 2 heterocycles. The van der Waals surface area contributed by atoms with Crippen LogP contribution in [0.5, 0.6) is 11.5 Å². The van der Waals surface area contributed by atoms with Crippen LogP contribution in [0, 0.1) is 0 Å². The monoisotopic (exact) mass is 842 g/mol. The smallest absolute Gasteiger partial charge is 0.260 e. The molecule has 2 unspecified atom stereocenters. The number of fused-ring (bicyclic) bond motifs is 2. The summed E-state index contributed by atoms with van der Waals surface area (Å²) >= 11 is 18.3. The van der Waals surface area contributed by atoms with E-state index in [-0.39, 0.29) is 51.3 Å². The highest BCUT2D eigenvalue weighted by molar-refractivity contribution is 6.39. The van der Waals surface area contributed by atoms with Crippen LogP contribution >= 0.6 is 34.8 Å². The minimum atomic E-state index is -0.411. The van der Waals surface area contributed by atoms with Crippen molar-refractivity contribution in [3.8, 4) is 33.8 Å². The molecule has 0 saturated carbocycles. The van der Waals surface area contributed by atoms with Gasteiger partial charge < -0.3 is 30.8 Å². The third kappa shape index (κ3) is 8.93. The first-order valence-corrected chi connectivity index (χ1v) is 20.1. The van der Waals surface area contributed by atoms with Crippen molar-refractivity contribution in [2.45, 2.75) is 32.0 Å². The molecule has 0 aliphatic heterocycles. The lowest BCUT2D eigenvalue weighted by Crippen LogP contribution is -2.29. The van der Waals surface area contributed by atoms with Crippen LogP contribution in [0.1, 0.15) is 48.2 Å². The van der Waals surface area contributed by atoms with E-state index in [2.05, 4.69) is 46.6 Å². The summed E-state index contributed by atoms with van der Waals surface area (Å²) in [4.78, 5) is 31.2. The number of benzene rings is 6. The van der Waals surface area contributed by atoms with Crippen molar-refractivity contribution in [1.29, 1.82) is 0 Å². The van der Waals surface area contributed by atoms with Crippen molar-refractivity contribution in [1.82, 2.24) is 20.6 Å². The molecule has 6 aromatic carbocycles. The molecule has 0 fully saturated rings. The van der Waals surface area contributed by atoms with Gasteiger partial charge in [0.15, 0.2) is 0 Å². The van der Waals surface area contributed by atoms with E-state index in [0.717, 1.165) is 22.3 Å². The average Bonchev–Trinajstić information content (AvgIpc) is 3.21. The SMILES string of the molecule is CC(C)NC(c1ccccc1)c1cccc(-c2c(O)c3ccc(Cl)cc3[nH]c2=O)c1.CNC(c1ccccc1)c1cccc(-c2c(O)c3c(Cl)cc(Cl)cc3[nH]c2=O)c1. The molecule has 0 spiro atoms. The minimum absolute atomic E-state index is 0.0355. The molecule has 2 atom stereocenters. The van der Waals surface area contributed by atoms with Gasteiger partial charge in [-0.3, -0.25) is 9.59 Å². The molecular weight excluding hydrogens is 803 g/mol. The number of H-pyrrole nitrogens is 2. The molecule has 0 aliphatic rings. The highest BCUT2D eigenvalue weighted by Gasteiger charge is 2.21. The first-order valence-electron chi connectivity index (χ1n) is 19.0. The summed E-state index contributed by atoms with van der Waals surface area (Å²) in [5.74, 6) is -0.209. The maximum Gasteiger partial charge on any atom is 0.260 e. The Hall–Kier alpha value is -5.87. The zero-order chi connectivity index (χ0) is 41.8. The van der Waals surface area contributed by atoms with E-state index >= 15 is 0 Å². The highest BCUT2D eigenvalue weighted by Crippen LogP contribution is 2.39. The molecule has 0 aliphatic carbocycles. The van der Waals surface area contributed by atoms with Crippen LogP contribution in [0.3, 0.4) is 0 Å². The summed E-state index contributed by atoms with van der Waals surface area (Å²) in [6.45, 7) is 4.20. The maximum atomic E-state index is 12.8. The summed E-state index contributed by atoms with van der Waals surface area (Å²) in [6.07, 6.45) is 0. The van der Waals surface area contributed by atoms with Gasteiger partial charge in [0.1, 0.15) is 11.5 Å². The molecule has 8 nitrogen and oxygen atoms in total. The van der Waals surface area contributed by atoms with E-state index in [0.29, 0.717) is 43.0 Å². The maximum absolute atomic E-state index is 12.8. The lowest BCUT2D eigenvalue weighted by Gasteiger charge is -2.23. The fraction of sp³-hybridized carbons (Fsp3) is 0.125. The average molecular weight is 844 g/mol. The number of halogens is 3. The zero-order valence-electron chi connectivity index (χ0n) is 32.4. The summed E-state index contributed by atoms with van der Waals surface area (Å²) in [5, 5.41) is 30.8. The summed E-state index contributed by atoms with van der Waals surface area (Å²) in [5.41, 5.74) is 6.04. The van der Waals surface area contributed by atoms with E-state index in [9.17, 15) is 19.8 Å². The third-order valence-corrected chi connectivity index (χ3v) is 10.8. The van der Waals surface area contributed by atoms with Gasteiger partial charge in [-0.05, 0) is 96.7 Å². The summed E-state index contributed by atoms with van der Waals surface area (Å²) < 4.78 is 0. The molecule has 11 heteroatoms. The van der Waals surface area contributed by atoms with E-state index in [1.807, 2.05) is 98.0 Å². The normalized spacial score (nSPS) is 12.3. The fourth-order valence-corrected chi connectivity index (χ4v) is 8.16. The molecule has 0 bridgehead atoms. The number of aromatic amines is 2. The second kappa shape index (κ2) is 18.0. The van der Waals surface area contributed by atoms with E-state index in [1.165, 1.54) is 6.07 Å². The van der Waals surface area contributed by atoms with Gasteiger partial charge in [0.05, 0.1) is 44.7 Å². The number of aromatic nitrogens is 2. The number of hydrogen-bond acceptors (Lipinski definition) is 6. The van der Waals surface area contributed by atoms with E-state index in [4.69, 9.17) is 34.8 Å². The molecular formula is C48H41Cl3N4O4. The van der Waals surface area contributed by atoms with Crippen LogP contribution in [0.15, 0.2) is 149 Å². The largest absolute Gasteiger partial charge is 0.506 e. The van der Waals surface area contributed by atoms with Gasteiger partial charge in [0.25, 0.3) is 11.1 Å². The van der Waals surface area contributed by atoms with Crippen LogP contribution in [0.2, 0.25) is 15.1 Å².